The number of anilines is 1. The van der Waals surface area contributed by atoms with Crippen molar-refractivity contribution >= 4 is 49.9 Å². The van der Waals surface area contributed by atoms with Crippen LogP contribution in [0.1, 0.15) is 18.4 Å². The molecule has 5 nitrogen and oxygen atoms in total. The van der Waals surface area contributed by atoms with Crippen molar-refractivity contribution in [1.29, 1.82) is 0 Å². The van der Waals surface area contributed by atoms with E-state index in [4.69, 9.17) is 0 Å². The molecule has 3 aromatic rings. The van der Waals surface area contributed by atoms with E-state index < -0.39 is 0 Å². The van der Waals surface area contributed by atoms with Crippen LogP contribution in [0.5, 0.6) is 0 Å². The molecule has 0 aromatic heterocycles. The van der Waals surface area contributed by atoms with Crippen LogP contribution in [0.2, 0.25) is 0 Å². The van der Waals surface area contributed by atoms with Crippen LogP contribution in [0.4, 0.5) is 5.69 Å². The maximum Gasteiger partial charge on any atom is 0.238 e. The van der Waals surface area contributed by atoms with E-state index >= 15 is 0 Å². The molecule has 3 aromatic carbocycles. The van der Waals surface area contributed by atoms with Gasteiger partial charge in [0.1, 0.15) is 0 Å². The molecule has 0 aliphatic heterocycles. The Kier molecular flexibility index (Phi) is 6.45. The Balaban J connectivity index is 1.44. The summed E-state index contributed by atoms with van der Waals surface area (Å²) in [5, 5.41) is 4.99. The maximum atomic E-state index is 12.0. The van der Waals surface area contributed by atoms with Crippen LogP contribution in [0.15, 0.2) is 77.8 Å². The van der Waals surface area contributed by atoms with E-state index in [9.17, 15) is 9.59 Å². The van der Waals surface area contributed by atoms with Crippen molar-refractivity contribution in [2.45, 2.75) is 12.8 Å². The van der Waals surface area contributed by atoms with Crippen LogP contribution in [-0.4, -0.2) is 11.8 Å². The number of hydrogen-bond donors (Lipinski definition) is 3. The fourth-order valence-electron chi connectivity index (χ4n) is 2.64. The summed E-state index contributed by atoms with van der Waals surface area (Å²) in [6.07, 6.45) is 0.159. The number of benzene rings is 3. The topological polar surface area (TPSA) is 70.2 Å². The quantitative estimate of drug-likeness (QED) is 0.472. The van der Waals surface area contributed by atoms with Crippen LogP contribution in [0, 0.1) is 0 Å². The largest absolute Gasteiger partial charge is 0.326 e. The van der Waals surface area contributed by atoms with Crippen molar-refractivity contribution in [1.82, 2.24) is 10.9 Å². The summed E-state index contributed by atoms with van der Waals surface area (Å²) in [5.41, 5.74) is 7.55. The predicted molar refractivity (Wildman–Crippen MR) is 116 cm³/mol. The smallest absolute Gasteiger partial charge is 0.238 e. The van der Waals surface area contributed by atoms with Gasteiger partial charge in [0, 0.05) is 23.0 Å². The van der Waals surface area contributed by atoms with Crippen molar-refractivity contribution in [2.75, 3.05) is 5.32 Å². The van der Waals surface area contributed by atoms with Crippen LogP contribution >= 0.6 is 15.9 Å². The molecule has 142 valence electrons. The summed E-state index contributed by atoms with van der Waals surface area (Å²) in [6.45, 7) is 3.95. The van der Waals surface area contributed by atoms with Crippen LogP contribution in [0.25, 0.3) is 16.5 Å². The molecule has 0 saturated carbocycles. The van der Waals surface area contributed by atoms with Gasteiger partial charge in [0.15, 0.2) is 0 Å². The number of halogens is 1. The summed E-state index contributed by atoms with van der Waals surface area (Å²) < 4.78 is 0.933. The molecule has 0 aliphatic carbocycles. The number of nitrogens with one attached hydrogen (secondary N) is 3. The first-order valence-corrected chi connectivity index (χ1v) is 9.59. The lowest BCUT2D eigenvalue weighted by Crippen LogP contribution is -2.36. The number of amides is 2. The lowest BCUT2D eigenvalue weighted by molar-refractivity contribution is -0.124. The highest BCUT2D eigenvalue weighted by atomic mass is 79.9. The minimum atomic E-state index is -0.284. The van der Waals surface area contributed by atoms with Gasteiger partial charge in [-0.15, -0.1) is 0 Å². The van der Waals surface area contributed by atoms with Crippen LogP contribution in [0.3, 0.4) is 0 Å². The summed E-state index contributed by atoms with van der Waals surface area (Å²) >= 11 is 3.34. The highest BCUT2D eigenvalue weighted by molar-refractivity contribution is 9.10. The zero-order valence-electron chi connectivity index (χ0n) is 15.2. The molecule has 0 aliphatic rings. The molecule has 0 radical (unpaired) electrons. The van der Waals surface area contributed by atoms with Gasteiger partial charge in [-0.05, 0) is 46.7 Å². The van der Waals surface area contributed by atoms with Gasteiger partial charge < -0.3 is 5.32 Å². The maximum absolute atomic E-state index is 12.0. The van der Waals surface area contributed by atoms with Gasteiger partial charge in [0.2, 0.25) is 11.8 Å². The SMILES string of the molecule is C=C(NNC(=O)CCC(=O)Nc1ccc(Br)cc1)c1ccc2ccccc2c1. The normalized spacial score (nSPS) is 10.3. The van der Waals surface area contributed by atoms with Crippen LogP contribution < -0.4 is 16.2 Å². The minimum absolute atomic E-state index is 0.0698. The van der Waals surface area contributed by atoms with E-state index in [1.54, 1.807) is 12.1 Å². The summed E-state index contributed by atoms with van der Waals surface area (Å²) in [4.78, 5) is 23.9. The summed E-state index contributed by atoms with van der Waals surface area (Å²) in [7, 11) is 0. The van der Waals surface area contributed by atoms with E-state index in [1.165, 1.54) is 0 Å². The van der Waals surface area contributed by atoms with Gasteiger partial charge in [-0.25, -0.2) is 0 Å². The van der Waals surface area contributed by atoms with Crippen molar-refractivity contribution < 1.29 is 9.59 Å². The van der Waals surface area contributed by atoms with Crippen molar-refractivity contribution in [3.05, 3.63) is 83.3 Å². The Morgan fingerprint density at radius 3 is 2.25 bits per heavy atom. The van der Waals surface area contributed by atoms with Gasteiger partial charge in [-0.3, -0.25) is 20.4 Å². The molecule has 0 spiro atoms. The minimum Gasteiger partial charge on any atom is -0.326 e. The Labute approximate surface area is 171 Å². The van der Waals surface area contributed by atoms with Gasteiger partial charge in [-0.2, -0.15) is 0 Å². The second-order valence-electron chi connectivity index (χ2n) is 6.27. The zero-order chi connectivity index (χ0) is 19.9. The molecule has 0 saturated heterocycles. The highest BCUT2D eigenvalue weighted by Gasteiger charge is 2.08. The predicted octanol–water partition coefficient (Wildman–Crippen LogP) is 4.61. The number of fused-ring (bicyclic) bond motifs is 1. The second-order valence-corrected chi connectivity index (χ2v) is 7.18. The number of hydrogen-bond acceptors (Lipinski definition) is 3. The monoisotopic (exact) mass is 437 g/mol. The molecule has 0 fully saturated rings. The van der Waals surface area contributed by atoms with Crippen molar-refractivity contribution in [3.63, 3.8) is 0 Å². The van der Waals surface area contributed by atoms with E-state index in [1.807, 2.05) is 54.6 Å². The van der Waals surface area contributed by atoms with Gasteiger partial charge in [0.05, 0.1) is 5.70 Å². The molecule has 0 unspecified atom stereocenters. The average Bonchev–Trinajstić information content (AvgIpc) is 2.71. The van der Waals surface area contributed by atoms with Gasteiger partial charge >= 0.3 is 0 Å². The fourth-order valence-corrected chi connectivity index (χ4v) is 2.90. The zero-order valence-corrected chi connectivity index (χ0v) is 16.8. The first-order valence-electron chi connectivity index (χ1n) is 8.79. The Hall–Kier alpha value is -3.12. The number of hydrazine groups is 1. The molecular weight excluding hydrogens is 418 g/mol. The lowest BCUT2D eigenvalue weighted by atomic mass is 10.1. The molecule has 2 amide bonds. The van der Waals surface area contributed by atoms with E-state index in [0.717, 1.165) is 20.8 Å². The highest BCUT2D eigenvalue weighted by Crippen LogP contribution is 2.18. The summed E-state index contributed by atoms with van der Waals surface area (Å²) in [6, 6.07) is 21.2. The lowest BCUT2D eigenvalue weighted by Gasteiger charge is -2.12. The van der Waals surface area contributed by atoms with E-state index in [0.29, 0.717) is 11.4 Å². The van der Waals surface area contributed by atoms with E-state index in [-0.39, 0.29) is 24.7 Å². The van der Waals surface area contributed by atoms with Crippen molar-refractivity contribution in [3.8, 4) is 0 Å². The Morgan fingerprint density at radius 1 is 0.821 bits per heavy atom. The standard InChI is InChI=1S/C22H20BrN3O2/c1-15(17-7-6-16-4-2-3-5-18(16)14-17)25-26-22(28)13-12-21(27)24-20-10-8-19(23)9-11-20/h2-11,14,25H,1,12-13H2,(H,24,27)(H,26,28). The van der Waals surface area contributed by atoms with Gasteiger partial charge in [-0.1, -0.05) is 58.9 Å². The number of carbonyl (C=O) groups is 2. The number of carbonyl (C=O) groups excluding carboxylic acids is 2. The molecule has 0 bridgehead atoms. The molecule has 0 heterocycles. The average molecular weight is 438 g/mol. The summed E-state index contributed by atoms with van der Waals surface area (Å²) in [5.74, 6) is -0.501. The van der Waals surface area contributed by atoms with Gasteiger partial charge in [0.25, 0.3) is 0 Å². The fraction of sp³-hybridized carbons (Fsp3) is 0.0909. The molecule has 6 heteroatoms. The molecule has 0 atom stereocenters. The Morgan fingerprint density at radius 2 is 1.50 bits per heavy atom. The van der Waals surface area contributed by atoms with E-state index in [2.05, 4.69) is 38.7 Å². The van der Waals surface area contributed by atoms with Crippen molar-refractivity contribution in [2.24, 2.45) is 0 Å². The molecule has 3 N–H and O–H groups in total. The molecular formula is C22H20BrN3O2. The van der Waals surface area contributed by atoms with Crippen LogP contribution in [-0.2, 0) is 9.59 Å². The first kappa shape index (κ1) is 19.6. The molecule has 3 rings (SSSR count). The second kappa shape index (κ2) is 9.19. The third-order valence-electron chi connectivity index (χ3n) is 4.16. The first-order chi connectivity index (χ1) is 13.5. The Bertz CT molecular complexity index is 1020. The third-order valence-corrected chi connectivity index (χ3v) is 4.69. The number of rotatable bonds is 7. The third kappa shape index (κ3) is 5.44. The molecule has 28 heavy (non-hydrogen) atoms.